The number of carbonyl (C=O) groups is 2. The molecule has 4 rings (SSSR count). The van der Waals surface area contributed by atoms with Gasteiger partial charge in [0.25, 0.3) is 5.91 Å². The monoisotopic (exact) mass is 421 g/mol. The van der Waals surface area contributed by atoms with Crippen LogP contribution in [0.4, 0.5) is 0 Å². The molecular weight excluding hydrogens is 402 g/mol. The number of hydrogen-bond donors (Lipinski definition) is 1. The van der Waals surface area contributed by atoms with Crippen LogP contribution in [-0.2, 0) is 4.74 Å². The molecule has 0 aliphatic carbocycles. The Morgan fingerprint density at radius 3 is 2.58 bits per heavy atom. The standard InChI is InChI=1S/C23H19NO7/c1-28-10-4-9-24-21(25)17-11-15-7-8-16(13-19(15)31-22(17)26)29-23(27)20-12-14-5-2-3-6-18(14)30-20/h2-3,5-8,11-13H,4,9-10H2,1H3,(H,24,25). The van der Waals surface area contributed by atoms with Crippen LogP contribution in [0.2, 0.25) is 0 Å². The Labute approximate surface area is 176 Å². The fourth-order valence-corrected chi connectivity index (χ4v) is 3.07. The predicted octanol–water partition coefficient (Wildman–Crippen LogP) is 3.52. The van der Waals surface area contributed by atoms with Crippen molar-refractivity contribution in [2.24, 2.45) is 0 Å². The van der Waals surface area contributed by atoms with Gasteiger partial charge in [0.1, 0.15) is 22.5 Å². The first-order valence-electron chi connectivity index (χ1n) is 9.61. The van der Waals surface area contributed by atoms with E-state index < -0.39 is 17.5 Å². The molecule has 0 spiro atoms. The van der Waals surface area contributed by atoms with Crippen molar-refractivity contribution in [2.75, 3.05) is 20.3 Å². The molecule has 2 aromatic heterocycles. The van der Waals surface area contributed by atoms with Gasteiger partial charge in [-0.15, -0.1) is 0 Å². The molecule has 0 bridgehead atoms. The average molecular weight is 421 g/mol. The quantitative estimate of drug-likeness (QED) is 0.210. The molecular formula is C23H19NO7. The number of para-hydroxylation sites is 1. The Balaban J connectivity index is 1.52. The number of methoxy groups -OCH3 is 1. The molecule has 0 radical (unpaired) electrons. The van der Waals surface area contributed by atoms with E-state index in [4.69, 9.17) is 18.3 Å². The molecule has 8 heteroatoms. The summed E-state index contributed by atoms with van der Waals surface area (Å²) in [4.78, 5) is 36.9. The Bertz CT molecular complexity index is 1290. The summed E-state index contributed by atoms with van der Waals surface area (Å²) in [6, 6.07) is 14.8. The Kier molecular flexibility index (Phi) is 5.81. The van der Waals surface area contributed by atoms with Crippen LogP contribution in [-0.4, -0.2) is 32.1 Å². The first-order chi connectivity index (χ1) is 15.0. The van der Waals surface area contributed by atoms with Crippen molar-refractivity contribution in [1.29, 1.82) is 0 Å². The van der Waals surface area contributed by atoms with Gasteiger partial charge in [0.2, 0.25) is 5.76 Å². The summed E-state index contributed by atoms with van der Waals surface area (Å²) in [5.41, 5.74) is -0.114. The van der Waals surface area contributed by atoms with Crippen molar-refractivity contribution in [3.63, 3.8) is 0 Å². The molecule has 1 N–H and O–H groups in total. The highest BCUT2D eigenvalue weighted by Gasteiger charge is 2.17. The summed E-state index contributed by atoms with van der Waals surface area (Å²) in [5.74, 6) is -0.960. The fraction of sp³-hybridized carbons (Fsp3) is 0.174. The molecule has 0 atom stereocenters. The zero-order valence-corrected chi connectivity index (χ0v) is 16.7. The molecule has 0 saturated heterocycles. The predicted molar refractivity (Wildman–Crippen MR) is 112 cm³/mol. The van der Waals surface area contributed by atoms with E-state index in [9.17, 15) is 14.4 Å². The molecule has 158 valence electrons. The van der Waals surface area contributed by atoms with Crippen LogP contribution in [0.3, 0.4) is 0 Å². The van der Waals surface area contributed by atoms with Crippen molar-refractivity contribution >= 4 is 33.8 Å². The van der Waals surface area contributed by atoms with Crippen LogP contribution >= 0.6 is 0 Å². The fourth-order valence-electron chi connectivity index (χ4n) is 3.07. The van der Waals surface area contributed by atoms with Gasteiger partial charge in [0, 0.05) is 37.1 Å². The van der Waals surface area contributed by atoms with Gasteiger partial charge < -0.3 is 23.6 Å². The maximum atomic E-state index is 12.4. The number of rotatable bonds is 7. The van der Waals surface area contributed by atoms with Gasteiger partial charge in [-0.2, -0.15) is 0 Å². The molecule has 0 aliphatic heterocycles. The number of nitrogens with one attached hydrogen (secondary N) is 1. The Morgan fingerprint density at radius 1 is 0.968 bits per heavy atom. The van der Waals surface area contributed by atoms with Crippen LogP contribution in [0.15, 0.2) is 68.2 Å². The van der Waals surface area contributed by atoms with Gasteiger partial charge in [-0.05, 0) is 36.8 Å². The largest absolute Gasteiger partial charge is 0.449 e. The number of furan rings is 1. The highest BCUT2D eigenvalue weighted by Crippen LogP contribution is 2.23. The molecule has 2 aromatic carbocycles. The number of hydrogen-bond acceptors (Lipinski definition) is 7. The summed E-state index contributed by atoms with van der Waals surface area (Å²) in [7, 11) is 1.57. The van der Waals surface area contributed by atoms with Crippen LogP contribution in [0, 0.1) is 0 Å². The zero-order valence-electron chi connectivity index (χ0n) is 16.7. The highest BCUT2D eigenvalue weighted by atomic mass is 16.5. The number of esters is 1. The summed E-state index contributed by atoms with van der Waals surface area (Å²) < 4.78 is 21.0. The van der Waals surface area contributed by atoms with E-state index in [0.29, 0.717) is 30.5 Å². The van der Waals surface area contributed by atoms with Gasteiger partial charge in [0.05, 0.1) is 0 Å². The smallest absolute Gasteiger partial charge is 0.379 e. The molecule has 0 fully saturated rings. The van der Waals surface area contributed by atoms with E-state index in [0.717, 1.165) is 5.39 Å². The number of fused-ring (bicyclic) bond motifs is 2. The van der Waals surface area contributed by atoms with E-state index in [-0.39, 0.29) is 22.7 Å². The van der Waals surface area contributed by atoms with Gasteiger partial charge in [-0.3, -0.25) is 4.79 Å². The number of benzene rings is 2. The number of carbonyl (C=O) groups excluding carboxylic acids is 2. The third-order valence-electron chi connectivity index (χ3n) is 4.60. The first-order valence-corrected chi connectivity index (χ1v) is 9.61. The molecule has 1 amide bonds. The SMILES string of the molecule is COCCCNC(=O)c1cc2ccc(OC(=O)c3cc4ccccc4o3)cc2oc1=O. The molecule has 8 nitrogen and oxygen atoms in total. The van der Waals surface area contributed by atoms with E-state index in [1.165, 1.54) is 12.1 Å². The number of amides is 1. The van der Waals surface area contributed by atoms with Crippen molar-refractivity contribution in [3.05, 3.63) is 76.3 Å². The normalized spacial score (nSPS) is 11.0. The molecule has 4 aromatic rings. The summed E-state index contributed by atoms with van der Waals surface area (Å²) >= 11 is 0. The van der Waals surface area contributed by atoms with Gasteiger partial charge in [0.15, 0.2) is 0 Å². The summed E-state index contributed by atoms with van der Waals surface area (Å²) in [6.45, 7) is 0.878. The van der Waals surface area contributed by atoms with E-state index in [1.807, 2.05) is 12.1 Å². The minimum Gasteiger partial charge on any atom is -0.449 e. The lowest BCUT2D eigenvalue weighted by Gasteiger charge is -2.06. The van der Waals surface area contributed by atoms with Crippen molar-refractivity contribution in [3.8, 4) is 5.75 Å². The van der Waals surface area contributed by atoms with Crippen LogP contribution in [0.1, 0.15) is 27.3 Å². The van der Waals surface area contributed by atoms with Gasteiger partial charge in [-0.25, -0.2) is 9.59 Å². The Hall–Kier alpha value is -3.91. The van der Waals surface area contributed by atoms with Crippen LogP contribution < -0.4 is 15.7 Å². The minimum atomic E-state index is -0.780. The molecule has 0 aliphatic rings. The van der Waals surface area contributed by atoms with Crippen molar-refractivity contribution in [2.45, 2.75) is 6.42 Å². The second kappa shape index (κ2) is 8.85. The van der Waals surface area contributed by atoms with Crippen molar-refractivity contribution in [1.82, 2.24) is 5.32 Å². The molecule has 31 heavy (non-hydrogen) atoms. The number of ether oxygens (including phenoxy) is 2. The minimum absolute atomic E-state index is 0.0586. The maximum absolute atomic E-state index is 12.4. The second-order valence-corrected chi connectivity index (χ2v) is 6.79. The van der Waals surface area contributed by atoms with Crippen LogP contribution in [0.5, 0.6) is 5.75 Å². The molecule has 0 unspecified atom stereocenters. The topological polar surface area (TPSA) is 108 Å². The summed E-state index contributed by atoms with van der Waals surface area (Å²) in [6.07, 6.45) is 0.626. The van der Waals surface area contributed by atoms with E-state index in [1.54, 1.807) is 37.4 Å². The third-order valence-corrected chi connectivity index (χ3v) is 4.60. The molecule has 2 heterocycles. The lowest BCUT2D eigenvalue weighted by Crippen LogP contribution is -2.29. The van der Waals surface area contributed by atoms with E-state index in [2.05, 4.69) is 5.32 Å². The lowest BCUT2D eigenvalue weighted by molar-refractivity contribution is 0.0704. The van der Waals surface area contributed by atoms with E-state index >= 15 is 0 Å². The second-order valence-electron chi connectivity index (χ2n) is 6.79. The van der Waals surface area contributed by atoms with Crippen molar-refractivity contribution < 1.29 is 27.9 Å². The first kappa shape index (κ1) is 20.4. The summed E-state index contributed by atoms with van der Waals surface area (Å²) in [5, 5.41) is 3.95. The van der Waals surface area contributed by atoms with Crippen LogP contribution in [0.25, 0.3) is 21.9 Å². The zero-order chi connectivity index (χ0) is 21.8. The Morgan fingerprint density at radius 2 is 1.77 bits per heavy atom. The highest BCUT2D eigenvalue weighted by molar-refractivity contribution is 5.97. The molecule has 0 saturated carbocycles. The lowest BCUT2D eigenvalue weighted by atomic mass is 10.1. The van der Waals surface area contributed by atoms with Gasteiger partial charge >= 0.3 is 11.6 Å². The average Bonchev–Trinajstić information content (AvgIpc) is 3.20. The maximum Gasteiger partial charge on any atom is 0.379 e. The van der Waals surface area contributed by atoms with Gasteiger partial charge in [-0.1, -0.05) is 18.2 Å². The third kappa shape index (κ3) is 4.49.